The molecule has 6 amide bonds. The molecule has 0 aliphatic rings. The molecule has 0 fully saturated rings. The number of hydrogen-bond donors (Lipinski definition) is 2. The van der Waals surface area contributed by atoms with Gasteiger partial charge in [-0.05, 0) is 72.5 Å². The highest BCUT2D eigenvalue weighted by Gasteiger charge is 2.10. The van der Waals surface area contributed by atoms with Crippen molar-refractivity contribution in [3.8, 4) is 0 Å². The van der Waals surface area contributed by atoms with Crippen molar-refractivity contribution in [1.29, 1.82) is 0 Å². The van der Waals surface area contributed by atoms with Crippen LogP contribution in [0.5, 0.6) is 0 Å². The van der Waals surface area contributed by atoms with Crippen LogP contribution in [0.4, 0.5) is 11.4 Å². The van der Waals surface area contributed by atoms with Crippen LogP contribution in [0.2, 0.25) is 0 Å². The van der Waals surface area contributed by atoms with Crippen LogP contribution in [-0.2, 0) is 32.0 Å². The maximum absolute atomic E-state index is 12.4. The van der Waals surface area contributed by atoms with Crippen LogP contribution >= 0.6 is 0 Å². The molecule has 10 nitrogen and oxygen atoms in total. The third kappa shape index (κ3) is 7.44. The number of rotatable bonds is 14. The molecule has 0 bridgehead atoms. The third-order valence-corrected chi connectivity index (χ3v) is 5.73. The molecule has 10 heteroatoms. The van der Waals surface area contributed by atoms with Crippen molar-refractivity contribution >= 4 is 48.8 Å². The SMILES string of the molecule is O=CN(C=O)c1ccc(CCNC(=O)c2ccc(C(=O)NCCc3ccc(N(C=O)C=O)cc3)cc2)cc1. The first-order valence-corrected chi connectivity index (χ1v) is 11.7. The molecule has 3 aromatic rings. The summed E-state index contributed by atoms with van der Waals surface area (Å²) in [5.74, 6) is -0.541. The summed E-state index contributed by atoms with van der Waals surface area (Å²) in [4.78, 5) is 70.0. The summed E-state index contributed by atoms with van der Waals surface area (Å²) in [6, 6.07) is 20.0. The minimum atomic E-state index is -0.271. The van der Waals surface area contributed by atoms with Gasteiger partial charge in [0, 0.05) is 24.2 Å². The summed E-state index contributed by atoms with van der Waals surface area (Å²) in [6.07, 6.45) is 2.84. The van der Waals surface area contributed by atoms with Crippen LogP contribution in [0, 0.1) is 0 Å². The fourth-order valence-corrected chi connectivity index (χ4v) is 3.58. The van der Waals surface area contributed by atoms with Gasteiger partial charge in [-0.1, -0.05) is 24.3 Å². The summed E-state index contributed by atoms with van der Waals surface area (Å²) in [5.41, 5.74) is 3.62. The lowest BCUT2D eigenvalue weighted by Gasteiger charge is -2.10. The summed E-state index contributed by atoms with van der Waals surface area (Å²) in [7, 11) is 0. The maximum Gasteiger partial charge on any atom is 0.251 e. The van der Waals surface area contributed by atoms with E-state index in [0.29, 0.717) is 74.1 Å². The van der Waals surface area contributed by atoms with Crippen molar-refractivity contribution in [3.63, 3.8) is 0 Å². The van der Waals surface area contributed by atoms with Crippen LogP contribution in [0.25, 0.3) is 0 Å². The Balaban J connectivity index is 1.42. The zero-order valence-corrected chi connectivity index (χ0v) is 20.4. The molecule has 0 aromatic heterocycles. The second-order valence-corrected chi connectivity index (χ2v) is 8.16. The molecular formula is C28H26N4O6. The van der Waals surface area contributed by atoms with E-state index in [1.807, 2.05) is 0 Å². The first-order chi connectivity index (χ1) is 18.5. The number of carbonyl (C=O) groups excluding carboxylic acids is 6. The highest BCUT2D eigenvalue weighted by Crippen LogP contribution is 2.14. The number of anilines is 2. The molecule has 3 aromatic carbocycles. The molecule has 38 heavy (non-hydrogen) atoms. The van der Waals surface area contributed by atoms with Crippen LogP contribution in [0.1, 0.15) is 31.8 Å². The predicted molar refractivity (Wildman–Crippen MR) is 141 cm³/mol. The Kier molecular flexibility index (Phi) is 10.00. The summed E-state index contributed by atoms with van der Waals surface area (Å²) in [6.45, 7) is 0.767. The van der Waals surface area contributed by atoms with Crippen molar-refractivity contribution < 1.29 is 28.8 Å². The first-order valence-electron chi connectivity index (χ1n) is 11.7. The Bertz CT molecular complexity index is 1160. The predicted octanol–water partition coefficient (Wildman–Crippen LogP) is 1.87. The fraction of sp³-hybridized carbons (Fsp3) is 0.143. The maximum atomic E-state index is 12.4. The molecule has 2 N–H and O–H groups in total. The molecule has 3 rings (SSSR count). The van der Waals surface area contributed by atoms with Gasteiger partial charge in [-0.15, -0.1) is 0 Å². The molecule has 0 radical (unpaired) electrons. The molecule has 0 aliphatic carbocycles. The van der Waals surface area contributed by atoms with Crippen molar-refractivity contribution in [1.82, 2.24) is 10.6 Å². The van der Waals surface area contributed by atoms with Gasteiger partial charge in [0.05, 0.1) is 11.4 Å². The largest absolute Gasteiger partial charge is 0.352 e. The van der Waals surface area contributed by atoms with Gasteiger partial charge in [-0.25, -0.2) is 0 Å². The molecule has 194 valence electrons. The van der Waals surface area contributed by atoms with Crippen LogP contribution < -0.4 is 20.4 Å². The monoisotopic (exact) mass is 514 g/mol. The van der Waals surface area contributed by atoms with E-state index in [0.717, 1.165) is 20.9 Å². The van der Waals surface area contributed by atoms with Crippen molar-refractivity contribution in [2.45, 2.75) is 12.8 Å². The average molecular weight is 515 g/mol. The Morgan fingerprint density at radius 2 is 0.842 bits per heavy atom. The number of nitrogens with one attached hydrogen (secondary N) is 2. The fourth-order valence-electron chi connectivity index (χ4n) is 3.58. The van der Waals surface area contributed by atoms with Crippen molar-refractivity contribution in [2.75, 3.05) is 22.9 Å². The van der Waals surface area contributed by atoms with E-state index in [1.54, 1.807) is 72.8 Å². The van der Waals surface area contributed by atoms with Crippen molar-refractivity contribution in [2.24, 2.45) is 0 Å². The highest BCUT2D eigenvalue weighted by atomic mass is 16.2. The van der Waals surface area contributed by atoms with Crippen LogP contribution in [0.3, 0.4) is 0 Å². The average Bonchev–Trinajstić information content (AvgIpc) is 2.96. The van der Waals surface area contributed by atoms with Gasteiger partial charge < -0.3 is 10.6 Å². The highest BCUT2D eigenvalue weighted by molar-refractivity contribution is 5.98. The molecule has 0 heterocycles. The van der Waals surface area contributed by atoms with E-state index < -0.39 is 0 Å². The second-order valence-electron chi connectivity index (χ2n) is 8.16. The van der Waals surface area contributed by atoms with E-state index in [1.165, 1.54) is 0 Å². The van der Waals surface area contributed by atoms with E-state index in [2.05, 4.69) is 10.6 Å². The second kappa shape index (κ2) is 13.8. The van der Waals surface area contributed by atoms with Crippen LogP contribution in [0.15, 0.2) is 72.8 Å². The normalized spacial score (nSPS) is 10.1. The summed E-state index contributed by atoms with van der Waals surface area (Å²) >= 11 is 0. The molecule has 0 saturated carbocycles. The van der Waals surface area contributed by atoms with Gasteiger partial charge >= 0.3 is 0 Å². The molecule has 0 unspecified atom stereocenters. The third-order valence-electron chi connectivity index (χ3n) is 5.73. The Morgan fingerprint density at radius 1 is 0.526 bits per heavy atom. The minimum Gasteiger partial charge on any atom is -0.352 e. The van der Waals surface area contributed by atoms with Gasteiger partial charge in [0.2, 0.25) is 25.6 Å². The zero-order valence-electron chi connectivity index (χ0n) is 20.4. The topological polar surface area (TPSA) is 133 Å². The lowest BCUT2D eigenvalue weighted by molar-refractivity contribution is -0.115. The standard InChI is InChI=1S/C28H26N4O6/c33-17-31(18-34)25-9-1-21(2-10-25)13-15-29-27(37)23-5-7-24(8-6-23)28(38)30-16-14-22-3-11-26(12-4-22)32(19-35)20-36/h1-12,17-20H,13-16H2,(H,29,37)(H,30,38). The lowest BCUT2D eigenvalue weighted by atomic mass is 10.1. The number of nitrogens with zero attached hydrogens (tertiary/aromatic N) is 2. The van der Waals surface area contributed by atoms with Crippen LogP contribution in [-0.4, -0.2) is 50.5 Å². The first kappa shape index (κ1) is 27.5. The molecule has 0 spiro atoms. The minimum absolute atomic E-state index is 0.271. The number of hydrogen-bond acceptors (Lipinski definition) is 6. The summed E-state index contributed by atoms with van der Waals surface area (Å²) < 4.78 is 0. The van der Waals surface area contributed by atoms with Gasteiger partial charge in [0.1, 0.15) is 0 Å². The van der Waals surface area contributed by atoms with E-state index >= 15 is 0 Å². The number of benzene rings is 3. The smallest absolute Gasteiger partial charge is 0.251 e. The van der Waals surface area contributed by atoms with E-state index in [-0.39, 0.29) is 11.8 Å². The van der Waals surface area contributed by atoms with Gasteiger partial charge in [0.25, 0.3) is 11.8 Å². The zero-order chi connectivity index (χ0) is 27.3. The quantitative estimate of drug-likeness (QED) is 0.316. The Hall–Kier alpha value is -5.12. The van der Waals surface area contributed by atoms with Crippen molar-refractivity contribution in [3.05, 3.63) is 95.1 Å². The van der Waals surface area contributed by atoms with Gasteiger partial charge in [0.15, 0.2) is 0 Å². The Labute approximate surface area is 219 Å². The van der Waals surface area contributed by atoms with Gasteiger partial charge in [-0.2, -0.15) is 0 Å². The molecule has 0 atom stereocenters. The number of carbonyl (C=O) groups is 6. The summed E-state index contributed by atoms with van der Waals surface area (Å²) in [5, 5.41) is 5.65. The molecule has 0 saturated heterocycles. The lowest BCUT2D eigenvalue weighted by Crippen LogP contribution is -2.27. The Morgan fingerprint density at radius 3 is 1.13 bits per heavy atom. The van der Waals surface area contributed by atoms with E-state index in [9.17, 15) is 28.8 Å². The number of imide groups is 2. The van der Waals surface area contributed by atoms with Gasteiger partial charge in [-0.3, -0.25) is 38.6 Å². The molecular weight excluding hydrogens is 488 g/mol. The number of amides is 6. The van der Waals surface area contributed by atoms with E-state index in [4.69, 9.17) is 0 Å². The molecule has 0 aliphatic heterocycles.